The first kappa shape index (κ1) is 14.3. The molecule has 3 N–H and O–H groups in total. The molecule has 0 saturated carbocycles. The van der Waals surface area contributed by atoms with E-state index in [1.165, 1.54) is 0 Å². The summed E-state index contributed by atoms with van der Waals surface area (Å²) in [5, 5.41) is 16.6. The summed E-state index contributed by atoms with van der Waals surface area (Å²) in [5.74, 6) is 1.62. The van der Waals surface area contributed by atoms with Gasteiger partial charge in [-0.3, -0.25) is 5.10 Å². The summed E-state index contributed by atoms with van der Waals surface area (Å²) >= 11 is 0. The highest BCUT2D eigenvalue weighted by molar-refractivity contribution is 5.61. The van der Waals surface area contributed by atoms with Crippen molar-refractivity contribution in [3.63, 3.8) is 0 Å². The molecular weight excluding hydrogens is 312 g/mol. The fraction of sp³-hybridized carbons (Fsp3) is 0.250. The van der Waals surface area contributed by atoms with E-state index in [0.29, 0.717) is 28.7 Å². The number of benzene rings is 1. The summed E-state index contributed by atoms with van der Waals surface area (Å²) in [4.78, 5) is 0. The molecule has 2 aliphatic heterocycles. The van der Waals surface area contributed by atoms with Crippen molar-refractivity contribution in [2.24, 2.45) is 5.73 Å². The van der Waals surface area contributed by atoms with E-state index in [2.05, 4.69) is 16.3 Å². The fourth-order valence-electron chi connectivity index (χ4n) is 3.05. The van der Waals surface area contributed by atoms with E-state index in [9.17, 15) is 5.26 Å². The van der Waals surface area contributed by atoms with Gasteiger partial charge in [0.05, 0.1) is 13.0 Å². The Hall–Kier alpha value is -3.34. The van der Waals surface area contributed by atoms with Gasteiger partial charge >= 0.3 is 0 Å². The molecule has 3 heterocycles. The zero-order chi connectivity index (χ0) is 16.8. The van der Waals surface area contributed by atoms with Crippen molar-refractivity contribution in [3.05, 3.63) is 40.4 Å². The SMILES string of the molecule is COc1cc([C@H]2C(C#N)=C(N)Oc3n[nH]c(C)c32)cc2c1OCO2. The summed E-state index contributed by atoms with van der Waals surface area (Å²) in [6.07, 6.45) is 0. The first-order valence-corrected chi connectivity index (χ1v) is 7.24. The van der Waals surface area contributed by atoms with E-state index in [0.717, 1.165) is 16.8 Å². The molecule has 1 atom stereocenters. The third-order valence-electron chi connectivity index (χ3n) is 4.14. The predicted molar refractivity (Wildman–Crippen MR) is 81.7 cm³/mol. The molecule has 1 aromatic carbocycles. The smallest absolute Gasteiger partial charge is 0.244 e. The van der Waals surface area contributed by atoms with Gasteiger partial charge in [0.2, 0.25) is 24.3 Å². The molecular formula is C16H14N4O4. The van der Waals surface area contributed by atoms with E-state index < -0.39 is 5.92 Å². The molecule has 0 bridgehead atoms. The van der Waals surface area contributed by atoms with E-state index in [1.54, 1.807) is 7.11 Å². The van der Waals surface area contributed by atoms with Gasteiger partial charge < -0.3 is 24.7 Å². The molecule has 122 valence electrons. The zero-order valence-electron chi connectivity index (χ0n) is 13.0. The number of aromatic nitrogens is 2. The first-order chi connectivity index (χ1) is 11.6. The number of methoxy groups -OCH3 is 1. The number of hydrogen-bond acceptors (Lipinski definition) is 7. The second kappa shape index (κ2) is 5.09. The topological polar surface area (TPSA) is 115 Å². The van der Waals surface area contributed by atoms with Crippen LogP contribution >= 0.6 is 0 Å². The Kier molecular flexibility index (Phi) is 3.03. The molecule has 0 aliphatic carbocycles. The maximum absolute atomic E-state index is 9.58. The molecule has 8 nitrogen and oxygen atoms in total. The minimum Gasteiger partial charge on any atom is -0.493 e. The van der Waals surface area contributed by atoms with Crippen LogP contribution in [0, 0.1) is 18.3 Å². The monoisotopic (exact) mass is 326 g/mol. The van der Waals surface area contributed by atoms with Gasteiger partial charge in [-0.05, 0) is 24.6 Å². The largest absolute Gasteiger partial charge is 0.493 e. The van der Waals surface area contributed by atoms with Crippen molar-refractivity contribution in [2.45, 2.75) is 12.8 Å². The lowest BCUT2D eigenvalue weighted by molar-refractivity contribution is 0.171. The molecule has 2 aliphatic rings. The lowest BCUT2D eigenvalue weighted by Gasteiger charge is -2.24. The number of nitrogens with zero attached hydrogens (tertiary/aromatic N) is 2. The van der Waals surface area contributed by atoms with Crippen molar-refractivity contribution in [2.75, 3.05) is 13.9 Å². The Morgan fingerprint density at radius 2 is 2.25 bits per heavy atom. The Bertz CT molecular complexity index is 910. The molecule has 0 saturated heterocycles. The quantitative estimate of drug-likeness (QED) is 0.862. The van der Waals surface area contributed by atoms with Crippen molar-refractivity contribution < 1.29 is 18.9 Å². The molecule has 24 heavy (non-hydrogen) atoms. The summed E-state index contributed by atoms with van der Waals surface area (Å²) in [5.41, 5.74) is 8.58. The van der Waals surface area contributed by atoms with Crippen molar-refractivity contribution in [1.29, 1.82) is 5.26 Å². The van der Waals surface area contributed by atoms with Gasteiger partial charge in [0.25, 0.3) is 0 Å². The summed E-state index contributed by atoms with van der Waals surface area (Å²) in [7, 11) is 1.55. The van der Waals surface area contributed by atoms with Crippen LogP contribution in [0.1, 0.15) is 22.7 Å². The molecule has 0 amide bonds. The number of hydrogen-bond donors (Lipinski definition) is 2. The van der Waals surface area contributed by atoms with Crippen LogP contribution < -0.4 is 24.7 Å². The molecule has 1 aromatic heterocycles. The van der Waals surface area contributed by atoms with Crippen LogP contribution in [-0.4, -0.2) is 24.1 Å². The second-order valence-electron chi connectivity index (χ2n) is 5.45. The van der Waals surface area contributed by atoms with Crippen molar-refractivity contribution >= 4 is 0 Å². The number of H-pyrrole nitrogens is 1. The Balaban J connectivity index is 1.95. The van der Waals surface area contributed by atoms with Gasteiger partial charge in [-0.25, -0.2) is 0 Å². The third-order valence-corrected chi connectivity index (χ3v) is 4.14. The lowest BCUT2D eigenvalue weighted by atomic mass is 9.84. The molecule has 0 spiro atoms. The molecule has 4 rings (SSSR count). The number of fused-ring (bicyclic) bond motifs is 2. The van der Waals surface area contributed by atoms with Crippen molar-refractivity contribution in [1.82, 2.24) is 10.2 Å². The molecule has 2 aromatic rings. The highest BCUT2D eigenvalue weighted by Crippen LogP contribution is 2.48. The minimum absolute atomic E-state index is 0.0399. The number of aryl methyl sites for hydroxylation is 1. The van der Waals surface area contributed by atoms with Crippen LogP contribution in [0.4, 0.5) is 0 Å². The number of aromatic amines is 1. The second-order valence-corrected chi connectivity index (χ2v) is 5.45. The van der Waals surface area contributed by atoms with Gasteiger partial charge in [0.1, 0.15) is 11.6 Å². The normalized spacial score (nSPS) is 18.0. The highest BCUT2D eigenvalue weighted by Gasteiger charge is 2.35. The van der Waals surface area contributed by atoms with Gasteiger partial charge in [0.15, 0.2) is 11.5 Å². The Morgan fingerprint density at radius 1 is 1.42 bits per heavy atom. The average Bonchev–Trinajstić information content (AvgIpc) is 3.19. The maximum atomic E-state index is 9.58. The molecule has 0 radical (unpaired) electrons. The number of nitrogens with one attached hydrogen (secondary N) is 1. The molecule has 8 heteroatoms. The van der Waals surface area contributed by atoms with Crippen molar-refractivity contribution in [3.8, 4) is 29.2 Å². The Morgan fingerprint density at radius 3 is 3.00 bits per heavy atom. The maximum Gasteiger partial charge on any atom is 0.244 e. The highest BCUT2D eigenvalue weighted by atomic mass is 16.7. The van der Waals surface area contributed by atoms with Gasteiger partial charge in [-0.1, -0.05) is 0 Å². The van der Waals surface area contributed by atoms with Crippen LogP contribution in [-0.2, 0) is 0 Å². The third kappa shape index (κ3) is 1.88. The zero-order valence-corrected chi connectivity index (χ0v) is 13.0. The fourth-order valence-corrected chi connectivity index (χ4v) is 3.05. The number of nitriles is 1. The van der Waals surface area contributed by atoms with Crippen LogP contribution in [0.5, 0.6) is 23.1 Å². The number of nitrogens with two attached hydrogens (primary N) is 1. The van der Waals surface area contributed by atoms with E-state index >= 15 is 0 Å². The Labute approximate surface area is 137 Å². The summed E-state index contributed by atoms with van der Waals surface area (Å²) in [6, 6.07) is 5.77. The average molecular weight is 326 g/mol. The molecule has 0 unspecified atom stereocenters. The van der Waals surface area contributed by atoms with E-state index in [-0.39, 0.29) is 12.7 Å². The van der Waals surface area contributed by atoms with E-state index in [1.807, 2.05) is 19.1 Å². The van der Waals surface area contributed by atoms with E-state index in [4.69, 9.17) is 24.7 Å². The number of rotatable bonds is 2. The summed E-state index contributed by atoms with van der Waals surface area (Å²) in [6.45, 7) is 1.99. The van der Waals surface area contributed by atoms with Gasteiger partial charge in [0, 0.05) is 11.3 Å². The standard InChI is InChI=1S/C16H14N4O4/c1-7-12-13(9(5-17)15(18)24-16(12)20-19-7)8-3-10(21-2)14-11(4-8)22-6-23-14/h3-4,13H,6,18H2,1-2H3,(H,19,20)/t13-/m0/s1. The molecule has 0 fully saturated rings. The lowest BCUT2D eigenvalue weighted by Crippen LogP contribution is -2.21. The van der Waals surface area contributed by atoms with Gasteiger partial charge in [-0.2, -0.15) is 5.26 Å². The predicted octanol–water partition coefficient (Wildman–Crippen LogP) is 1.67. The van der Waals surface area contributed by atoms with Crippen LogP contribution in [0.25, 0.3) is 0 Å². The van der Waals surface area contributed by atoms with Crippen LogP contribution in [0.3, 0.4) is 0 Å². The minimum atomic E-state index is -0.430. The van der Waals surface area contributed by atoms with Crippen LogP contribution in [0.2, 0.25) is 0 Å². The van der Waals surface area contributed by atoms with Gasteiger partial charge in [-0.15, -0.1) is 5.10 Å². The summed E-state index contributed by atoms with van der Waals surface area (Å²) < 4.78 is 21.8. The van der Waals surface area contributed by atoms with Crippen LogP contribution in [0.15, 0.2) is 23.6 Å². The number of allylic oxidation sites excluding steroid dienone is 1. The number of ether oxygens (including phenoxy) is 4. The first-order valence-electron chi connectivity index (χ1n) is 7.24.